The van der Waals surface area contributed by atoms with E-state index in [0.717, 1.165) is 45.6 Å². The summed E-state index contributed by atoms with van der Waals surface area (Å²) in [7, 11) is 0. The maximum absolute atomic E-state index is 12.4. The molecule has 23 heavy (non-hydrogen) atoms. The fourth-order valence-electron chi connectivity index (χ4n) is 3.98. The summed E-state index contributed by atoms with van der Waals surface area (Å²) >= 11 is 0. The molecule has 3 fully saturated rings. The van der Waals surface area contributed by atoms with Crippen LogP contribution in [-0.4, -0.2) is 71.4 Å². The lowest BCUT2D eigenvalue weighted by atomic mass is 10.00. The molecular weight excluding hydrogens is 296 g/mol. The van der Waals surface area contributed by atoms with Crippen LogP contribution in [0.4, 0.5) is 0 Å². The van der Waals surface area contributed by atoms with Crippen LogP contribution in [0.1, 0.15) is 29.8 Å². The average molecular weight is 318 g/mol. The van der Waals surface area contributed by atoms with Gasteiger partial charge in [-0.2, -0.15) is 0 Å². The monoisotopic (exact) mass is 318 g/mol. The minimum Gasteiger partial charge on any atom is -0.380 e. The summed E-state index contributed by atoms with van der Waals surface area (Å²) in [5.74, 6) is -0.180. The zero-order valence-corrected chi connectivity index (χ0v) is 13.1. The Hall–Kier alpha value is -1.57. The van der Waals surface area contributed by atoms with Gasteiger partial charge in [-0.25, -0.2) is 4.98 Å². The van der Waals surface area contributed by atoms with E-state index in [0.29, 0.717) is 17.8 Å². The predicted octanol–water partition coefficient (Wildman–Crippen LogP) is 0.227. The van der Waals surface area contributed by atoms with Gasteiger partial charge in [-0.3, -0.25) is 14.7 Å². The van der Waals surface area contributed by atoms with Crippen LogP contribution in [0.25, 0.3) is 0 Å². The Balaban J connectivity index is 1.48. The summed E-state index contributed by atoms with van der Waals surface area (Å²) in [5.41, 5.74) is 0.350. The van der Waals surface area contributed by atoms with Crippen molar-refractivity contribution in [2.45, 2.75) is 43.5 Å². The van der Waals surface area contributed by atoms with Crippen molar-refractivity contribution in [3.05, 3.63) is 24.3 Å². The van der Waals surface area contributed by atoms with Crippen molar-refractivity contribution in [1.29, 1.82) is 0 Å². The summed E-state index contributed by atoms with van der Waals surface area (Å²) in [5, 5.41) is 3.10. The molecule has 7 nitrogen and oxygen atoms in total. The first kappa shape index (κ1) is 15.0. The van der Waals surface area contributed by atoms with Gasteiger partial charge < -0.3 is 14.8 Å². The summed E-state index contributed by atoms with van der Waals surface area (Å²) < 4.78 is 11.6. The minimum absolute atomic E-state index is 0.00425. The van der Waals surface area contributed by atoms with Crippen molar-refractivity contribution in [2.24, 2.45) is 0 Å². The van der Waals surface area contributed by atoms with Crippen molar-refractivity contribution < 1.29 is 14.3 Å². The zero-order valence-electron chi connectivity index (χ0n) is 13.1. The van der Waals surface area contributed by atoms with Gasteiger partial charge in [-0.05, 0) is 19.3 Å². The van der Waals surface area contributed by atoms with E-state index in [1.165, 1.54) is 12.4 Å². The first-order chi connectivity index (χ1) is 11.3. The van der Waals surface area contributed by atoms with Gasteiger partial charge in [0.15, 0.2) is 0 Å². The zero-order chi connectivity index (χ0) is 15.6. The number of fused-ring (bicyclic) bond motifs is 1. The first-order valence-electron chi connectivity index (χ1n) is 8.35. The molecule has 3 aliphatic rings. The Labute approximate surface area is 135 Å². The number of rotatable bonds is 3. The Morgan fingerprint density at radius 3 is 3.04 bits per heavy atom. The average Bonchev–Trinajstić information content (AvgIpc) is 3.24. The maximum Gasteiger partial charge on any atom is 0.271 e. The molecule has 4 atom stereocenters. The largest absolute Gasteiger partial charge is 0.380 e. The summed E-state index contributed by atoms with van der Waals surface area (Å²) in [6.45, 7) is 3.20. The Bertz CT molecular complexity index is 550. The molecule has 1 amide bonds. The third kappa shape index (κ3) is 2.96. The molecule has 0 bridgehead atoms. The van der Waals surface area contributed by atoms with E-state index in [9.17, 15) is 4.79 Å². The number of hydrogen-bond donors (Lipinski definition) is 1. The molecule has 0 saturated carbocycles. The third-order valence-corrected chi connectivity index (χ3v) is 5.05. The number of amides is 1. The van der Waals surface area contributed by atoms with Crippen molar-refractivity contribution >= 4 is 5.91 Å². The molecule has 7 heteroatoms. The molecule has 0 aliphatic carbocycles. The molecule has 1 unspecified atom stereocenters. The van der Waals surface area contributed by atoms with E-state index >= 15 is 0 Å². The van der Waals surface area contributed by atoms with Crippen molar-refractivity contribution in [3.8, 4) is 0 Å². The second-order valence-corrected chi connectivity index (χ2v) is 6.43. The lowest BCUT2D eigenvalue weighted by Crippen LogP contribution is -2.48. The highest BCUT2D eigenvalue weighted by atomic mass is 16.5. The van der Waals surface area contributed by atoms with Crippen LogP contribution in [0.15, 0.2) is 18.6 Å². The van der Waals surface area contributed by atoms with Crippen molar-refractivity contribution in [2.75, 3.05) is 26.4 Å². The minimum atomic E-state index is -0.180. The van der Waals surface area contributed by atoms with Gasteiger partial charge >= 0.3 is 0 Å². The Morgan fingerprint density at radius 1 is 1.30 bits per heavy atom. The van der Waals surface area contributed by atoms with Gasteiger partial charge in [-0.1, -0.05) is 0 Å². The fraction of sp³-hybridized carbons (Fsp3) is 0.688. The maximum atomic E-state index is 12.4. The molecule has 3 saturated heterocycles. The van der Waals surface area contributed by atoms with E-state index in [4.69, 9.17) is 9.47 Å². The highest BCUT2D eigenvalue weighted by Crippen LogP contribution is 2.32. The van der Waals surface area contributed by atoms with Crippen LogP contribution in [0.2, 0.25) is 0 Å². The second kappa shape index (κ2) is 6.51. The van der Waals surface area contributed by atoms with Crippen LogP contribution in [-0.2, 0) is 9.47 Å². The van der Waals surface area contributed by atoms with E-state index < -0.39 is 0 Å². The SMILES string of the molecule is O=C(N[C@@H]1CN(C2CCOC2)[C@H]2CCCO[C@@H]12)c1cnccn1. The summed E-state index contributed by atoms with van der Waals surface area (Å²) in [4.78, 5) is 22.9. The standard InChI is InChI=1S/C16H22N4O3/c21-16(12-8-17-4-5-18-12)19-13-9-20(11-3-7-22-10-11)14-2-1-6-23-15(13)14/h4-5,8,11,13-15H,1-3,6-7,9-10H2,(H,19,21)/t11?,13-,14+,15+/m1/s1. The number of ether oxygens (including phenoxy) is 2. The predicted molar refractivity (Wildman–Crippen MR) is 82.0 cm³/mol. The lowest BCUT2D eigenvalue weighted by molar-refractivity contribution is -0.0270. The van der Waals surface area contributed by atoms with E-state index in [-0.39, 0.29) is 18.1 Å². The van der Waals surface area contributed by atoms with Crippen LogP contribution in [0.3, 0.4) is 0 Å². The summed E-state index contributed by atoms with van der Waals surface area (Å²) in [6.07, 6.45) is 7.92. The molecule has 1 N–H and O–H groups in total. The Kier molecular flexibility index (Phi) is 4.24. The molecule has 1 aromatic heterocycles. The summed E-state index contributed by atoms with van der Waals surface area (Å²) in [6, 6.07) is 0.820. The lowest BCUT2D eigenvalue weighted by Gasteiger charge is -2.34. The molecule has 0 aromatic carbocycles. The fourth-order valence-corrected chi connectivity index (χ4v) is 3.98. The van der Waals surface area contributed by atoms with Gasteiger partial charge in [0.05, 0.1) is 24.9 Å². The van der Waals surface area contributed by atoms with Crippen LogP contribution in [0, 0.1) is 0 Å². The van der Waals surface area contributed by atoms with Gasteiger partial charge in [0, 0.05) is 44.2 Å². The number of carbonyl (C=O) groups excluding carboxylic acids is 1. The van der Waals surface area contributed by atoms with Crippen molar-refractivity contribution in [3.63, 3.8) is 0 Å². The number of carbonyl (C=O) groups is 1. The van der Waals surface area contributed by atoms with Gasteiger partial charge in [0.25, 0.3) is 5.91 Å². The molecule has 4 rings (SSSR count). The molecule has 4 heterocycles. The molecule has 124 valence electrons. The smallest absolute Gasteiger partial charge is 0.271 e. The third-order valence-electron chi connectivity index (χ3n) is 5.05. The molecule has 0 radical (unpaired) electrons. The second-order valence-electron chi connectivity index (χ2n) is 6.43. The van der Waals surface area contributed by atoms with E-state index in [1.54, 1.807) is 6.20 Å². The number of nitrogens with zero attached hydrogens (tertiary/aromatic N) is 3. The normalized spacial score (nSPS) is 34.3. The van der Waals surface area contributed by atoms with E-state index in [2.05, 4.69) is 20.2 Å². The van der Waals surface area contributed by atoms with Gasteiger partial charge in [0.2, 0.25) is 0 Å². The van der Waals surface area contributed by atoms with Crippen molar-refractivity contribution in [1.82, 2.24) is 20.2 Å². The number of likely N-dealkylation sites (tertiary alicyclic amines) is 1. The van der Waals surface area contributed by atoms with E-state index in [1.807, 2.05) is 0 Å². The highest BCUT2D eigenvalue weighted by Gasteiger charge is 2.47. The van der Waals surface area contributed by atoms with Crippen LogP contribution in [0.5, 0.6) is 0 Å². The number of hydrogen-bond acceptors (Lipinski definition) is 6. The van der Waals surface area contributed by atoms with Gasteiger partial charge in [-0.15, -0.1) is 0 Å². The Morgan fingerprint density at radius 2 is 2.26 bits per heavy atom. The quantitative estimate of drug-likeness (QED) is 0.859. The molecule has 3 aliphatic heterocycles. The first-order valence-corrected chi connectivity index (χ1v) is 8.35. The molecule has 1 aromatic rings. The molecule has 0 spiro atoms. The molecular formula is C16H22N4O3. The highest BCUT2D eigenvalue weighted by molar-refractivity contribution is 5.92. The van der Waals surface area contributed by atoms with Gasteiger partial charge in [0.1, 0.15) is 5.69 Å². The van der Waals surface area contributed by atoms with Crippen LogP contribution >= 0.6 is 0 Å². The van der Waals surface area contributed by atoms with Crippen LogP contribution < -0.4 is 5.32 Å². The number of aromatic nitrogens is 2. The topological polar surface area (TPSA) is 76.6 Å². The number of nitrogens with one attached hydrogen (secondary N) is 1.